The minimum Gasteiger partial charge on any atom is -0.370 e. The Kier molecular flexibility index (Phi) is 13.5. The maximum absolute atomic E-state index is 13.6. The van der Waals surface area contributed by atoms with E-state index in [9.17, 15) is 23.6 Å². The van der Waals surface area contributed by atoms with E-state index in [0.29, 0.717) is 38.8 Å². The van der Waals surface area contributed by atoms with Crippen molar-refractivity contribution in [2.45, 2.75) is 84.0 Å². The number of guanidine groups is 1. The summed E-state index contributed by atoms with van der Waals surface area (Å²) in [5, 5.41) is 15.3. The van der Waals surface area contributed by atoms with Crippen molar-refractivity contribution in [2.24, 2.45) is 17.6 Å². The number of nitrogens with zero attached hydrogens (tertiary/aromatic N) is 2. The van der Waals surface area contributed by atoms with Crippen molar-refractivity contribution in [2.75, 3.05) is 33.9 Å². The summed E-state index contributed by atoms with van der Waals surface area (Å²) in [5.74, 6) is -1.99. The lowest BCUT2D eigenvalue weighted by molar-refractivity contribution is -0.143. The summed E-state index contributed by atoms with van der Waals surface area (Å²) in [7, 11) is 3.65. The normalized spacial score (nSPS) is 18.0. The predicted molar refractivity (Wildman–Crippen MR) is 140 cm³/mol. The molecule has 1 saturated heterocycles. The van der Waals surface area contributed by atoms with Crippen LogP contribution in [-0.2, 0) is 19.2 Å². The van der Waals surface area contributed by atoms with Gasteiger partial charge in [0, 0.05) is 13.1 Å². The molecule has 0 saturated carbocycles. The van der Waals surface area contributed by atoms with E-state index >= 15 is 0 Å². The molecule has 1 fully saturated rings. The molecule has 1 heterocycles. The number of likely N-dealkylation sites (tertiary alicyclic amines) is 1. The molecule has 0 radical (unpaired) electrons. The average Bonchev–Trinajstić information content (AvgIpc) is 3.31. The predicted octanol–water partition coefficient (Wildman–Crippen LogP) is 0.381. The molecule has 3 amide bonds. The van der Waals surface area contributed by atoms with Gasteiger partial charge in [-0.1, -0.05) is 27.7 Å². The van der Waals surface area contributed by atoms with Crippen molar-refractivity contribution in [3.05, 3.63) is 0 Å². The van der Waals surface area contributed by atoms with Gasteiger partial charge in [0.25, 0.3) is 0 Å². The molecular weight excluding hydrogens is 481 g/mol. The summed E-state index contributed by atoms with van der Waals surface area (Å²) in [6, 6.07) is -3.05. The molecule has 0 spiro atoms. The fourth-order valence-corrected chi connectivity index (χ4v) is 4.45. The summed E-state index contributed by atoms with van der Waals surface area (Å²) >= 11 is 0. The van der Waals surface area contributed by atoms with Crippen molar-refractivity contribution in [1.29, 1.82) is 5.41 Å². The first kappa shape index (κ1) is 32.3. The first-order chi connectivity index (χ1) is 17.3. The average molecular weight is 528 g/mol. The van der Waals surface area contributed by atoms with Crippen LogP contribution in [0.15, 0.2) is 0 Å². The van der Waals surface area contributed by atoms with Crippen LogP contribution in [-0.4, -0.2) is 97.3 Å². The number of ketones is 1. The molecule has 12 heteroatoms. The van der Waals surface area contributed by atoms with Crippen LogP contribution in [0.4, 0.5) is 4.39 Å². The number of nitrogens with one attached hydrogen (secondary N) is 4. The van der Waals surface area contributed by atoms with Gasteiger partial charge < -0.3 is 26.6 Å². The molecule has 0 aromatic carbocycles. The van der Waals surface area contributed by atoms with E-state index in [1.165, 1.54) is 4.90 Å². The van der Waals surface area contributed by atoms with Crippen LogP contribution < -0.4 is 21.7 Å². The van der Waals surface area contributed by atoms with E-state index in [2.05, 4.69) is 16.0 Å². The summed E-state index contributed by atoms with van der Waals surface area (Å²) < 4.78 is 13.1. The molecule has 37 heavy (non-hydrogen) atoms. The molecule has 0 aromatic rings. The smallest absolute Gasteiger partial charge is 0.246 e. The number of hydrogen-bond donors (Lipinski definition) is 5. The van der Waals surface area contributed by atoms with Crippen LogP contribution in [0.3, 0.4) is 0 Å². The fourth-order valence-electron chi connectivity index (χ4n) is 4.45. The topological polar surface area (TPSA) is 161 Å². The highest BCUT2D eigenvalue weighted by atomic mass is 19.1. The number of halogens is 1. The zero-order chi connectivity index (χ0) is 28.3. The molecule has 1 aliphatic heterocycles. The summed E-state index contributed by atoms with van der Waals surface area (Å²) in [4.78, 5) is 55.2. The van der Waals surface area contributed by atoms with Crippen LogP contribution in [0.2, 0.25) is 0 Å². The number of nitrogens with two attached hydrogens (primary N) is 1. The van der Waals surface area contributed by atoms with E-state index < -0.39 is 42.5 Å². The molecule has 4 atom stereocenters. The van der Waals surface area contributed by atoms with E-state index in [4.69, 9.17) is 11.1 Å². The fraction of sp³-hybridized carbons (Fsp3) is 0.800. The highest BCUT2D eigenvalue weighted by Gasteiger charge is 2.40. The summed E-state index contributed by atoms with van der Waals surface area (Å²) in [5.41, 5.74) is 5.24. The quantitative estimate of drug-likeness (QED) is 0.117. The zero-order valence-corrected chi connectivity index (χ0v) is 23.1. The highest BCUT2D eigenvalue weighted by molar-refractivity contribution is 5.95. The lowest BCUT2D eigenvalue weighted by Crippen LogP contribution is -2.58. The van der Waals surface area contributed by atoms with Gasteiger partial charge in [0.05, 0.1) is 12.1 Å². The van der Waals surface area contributed by atoms with Crippen molar-refractivity contribution >= 4 is 29.5 Å². The molecule has 0 aromatic heterocycles. The highest BCUT2D eigenvalue weighted by Crippen LogP contribution is 2.21. The Labute approximate surface area is 219 Å². The number of likely N-dealkylation sites (N-methyl/N-ethyl adjacent to an activating group) is 1. The Morgan fingerprint density at radius 3 is 2.30 bits per heavy atom. The monoisotopic (exact) mass is 527 g/mol. The minimum absolute atomic E-state index is 0.169. The van der Waals surface area contributed by atoms with Gasteiger partial charge in [0.1, 0.15) is 18.8 Å². The number of carbonyl (C=O) groups excluding carboxylic acids is 4. The van der Waals surface area contributed by atoms with Gasteiger partial charge in [-0.05, 0) is 58.0 Å². The van der Waals surface area contributed by atoms with Crippen molar-refractivity contribution in [3.63, 3.8) is 0 Å². The third kappa shape index (κ3) is 10.3. The second-order valence-corrected chi connectivity index (χ2v) is 10.7. The van der Waals surface area contributed by atoms with Crippen LogP contribution >= 0.6 is 0 Å². The molecule has 6 N–H and O–H groups in total. The minimum atomic E-state index is -1.22. The van der Waals surface area contributed by atoms with Gasteiger partial charge in [-0.2, -0.15) is 0 Å². The van der Waals surface area contributed by atoms with Crippen molar-refractivity contribution in [3.8, 4) is 0 Å². The Morgan fingerprint density at radius 1 is 1.14 bits per heavy atom. The standard InChI is InChI=1S/C25H46FN7O4/c1-15(2)13-19(32(5)6)23(36)31-21(16(3)4)24(37)33-12-8-10-18(33)22(35)30-17(20(34)14-26)9-7-11-29-25(27)28/h15-19,21H,7-14H2,1-6H3,(H,30,35)(H,31,36)(H4,27,28,29)/t17-,18-,19?,21-/m0/s1. The van der Waals surface area contributed by atoms with Gasteiger partial charge in [-0.3, -0.25) is 29.5 Å². The van der Waals surface area contributed by atoms with Gasteiger partial charge in [0.15, 0.2) is 11.7 Å². The van der Waals surface area contributed by atoms with Gasteiger partial charge in [-0.15, -0.1) is 0 Å². The summed E-state index contributed by atoms with van der Waals surface area (Å²) in [6.45, 7) is 7.17. The van der Waals surface area contributed by atoms with E-state index in [0.717, 1.165) is 0 Å². The molecule has 1 unspecified atom stereocenters. The molecule has 0 aliphatic carbocycles. The third-order valence-corrected chi connectivity index (χ3v) is 6.51. The lowest BCUT2D eigenvalue weighted by atomic mass is 9.98. The van der Waals surface area contributed by atoms with E-state index in [1.54, 1.807) is 0 Å². The van der Waals surface area contributed by atoms with Gasteiger partial charge in [-0.25, -0.2) is 4.39 Å². The second-order valence-electron chi connectivity index (χ2n) is 10.7. The maximum atomic E-state index is 13.6. The van der Waals surface area contributed by atoms with Crippen molar-refractivity contribution in [1.82, 2.24) is 25.8 Å². The largest absolute Gasteiger partial charge is 0.370 e. The SMILES string of the molecule is CC(C)CC(C(=O)N[C@H](C(=O)N1CCC[C@H]1C(=O)N[C@@H](CCCNC(=N)N)C(=O)CF)C(C)C)N(C)C. The number of amides is 3. The Balaban J connectivity index is 2.95. The maximum Gasteiger partial charge on any atom is 0.246 e. The van der Waals surface area contributed by atoms with E-state index in [-0.39, 0.29) is 36.0 Å². The second kappa shape index (κ2) is 15.5. The van der Waals surface area contributed by atoms with Crippen LogP contribution in [0.25, 0.3) is 0 Å². The number of Topliss-reactive ketones (excluding diaryl/α,β-unsaturated/α-hetero) is 1. The summed E-state index contributed by atoms with van der Waals surface area (Å²) in [6.07, 6.45) is 2.20. The van der Waals surface area contributed by atoms with Crippen LogP contribution in [0, 0.1) is 17.2 Å². The zero-order valence-electron chi connectivity index (χ0n) is 23.1. The molecule has 1 rings (SSSR count). The number of rotatable bonds is 15. The number of alkyl halides is 1. The molecule has 212 valence electrons. The first-order valence-corrected chi connectivity index (χ1v) is 13.0. The van der Waals surface area contributed by atoms with Gasteiger partial charge in [0.2, 0.25) is 17.7 Å². The molecule has 0 bridgehead atoms. The number of hydrogen-bond acceptors (Lipinski definition) is 6. The Bertz CT molecular complexity index is 806. The third-order valence-electron chi connectivity index (χ3n) is 6.51. The van der Waals surface area contributed by atoms with Crippen molar-refractivity contribution < 1.29 is 23.6 Å². The molecule has 11 nitrogen and oxygen atoms in total. The van der Waals surface area contributed by atoms with Gasteiger partial charge >= 0.3 is 0 Å². The lowest BCUT2D eigenvalue weighted by Gasteiger charge is -2.33. The number of carbonyl (C=O) groups is 4. The molecule has 1 aliphatic rings. The van der Waals surface area contributed by atoms with Crippen LogP contribution in [0.1, 0.15) is 59.8 Å². The Morgan fingerprint density at radius 2 is 1.78 bits per heavy atom. The first-order valence-electron chi connectivity index (χ1n) is 13.0. The Hall–Kier alpha value is -2.76. The van der Waals surface area contributed by atoms with Crippen LogP contribution in [0.5, 0.6) is 0 Å². The van der Waals surface area contributed by atoms with E-state index in [1.807, 2.05) is 46.7 Å². The molecular formula is C25H46FN7O4.